The molecule has 222 valence electrons. The van der Waals surface area contributed by atoms with Crippen LogP contribution in [0.25, 0.3) is 24.3 Å². The second-order valence-electron chi connectivity index (χ2n) is 8.94. The Labute approximate surface area is 235 Å². The van der Waals surface area contributed by atoms with Crippen LogP contribution in [-0.2, 0) is 35.0 Å². The van der Waals surface area contributed by atoms with Gasteiger partial charge < -0.3 is 23.4 Å². The Morgan fingerprint density at radius 2 is 1.02 bits per heavy atom. The summed E-state index contributed by atoms with van der Waals surface area (Å²) in [6.07, 6.45) is -0.874. The number of aliphatic hydroxyl groups excluding tert-OH is 1. The maximum atomic E-state index is 12.7. The van der Waals surface area contributed by atoms with Gasteiger partial charge in [0.1, 0.15) is 30.0 Å². The minimum absolute atomic E-state index is 0.0482. The maximum Gasteiger partial charge on any atom is 0.416 e. The summed E-state index contributed by atoms with van der Waals surface area (Å²) < 4.78 is 97.3. The molecule has 0 aliphatic heterocycles. The van der Waals surface area contributed by atoms with Crippen LogP contribution in [0.4, 0.5) is 26.3 Å². The van der Waals surface area contributed by atoms with Gasteiger partial charge in [-0.3, -0.25) is 0 Å². The van der Waals surface area contributed by atoms with E-state index in [4.69, 9.17) is 18.3 Å². The predicted molar refractivity (Wildman–Crippen MR) is 139 cm³/mol. The van der Waals surface area contributed by atoms with Gasteiger partial charge in [-0.2, -0.15) is 26.3 Å². The van der Waals surface area contributed by atoms with E-state index in [-0.39, 0.29) is 38.2 Å². The van der Waals surface area contributed by atoms with Gasteiger partial charge in [-0.15, -0.1) is 0 Å². The topological polar surface area (TPSA) is 90.8 Å². The van der Waals surface area contributed by atoms with Gasteiger partial charge in [0, 0.05) is 12.2 Å². The molecule has 0 unspecified atom stereocenters. The zero-order valence-electron chi connectivity index (χ0n) is 21.7. The van der Waals surface area contributed by atoms with Crippen molar-refractivity contribution in [2.45, 2.75) is 31.7 Å². The van der Waals surface area contributed by atoms with E-state index in [1.54, 1.807) is 12.2 Å². The molecule has 0 saturated carbocycles. The highest BCUT2D eigenvalue weighted by Gasteiger charge is 2.30. The van der Waals surface area contributed by atoms with Crippen molar-refractivity contribution in [1.29, 1.82) is 0 Å². The molecule has 1 N–H and O–H groups in total. The van der Waals surface area contributed by atoms with Gasteiger partial charge in [-0.1, -0.05) is 24.3 Å². The molecule has 0 bridgehead atoms. The van der Waals surface area contributed by atoms with Crippen LogP contribution in [0, 0.1) is 0 Å². The third-order valence-corrected chi connectivity index (χ3v) is 5.57. The fourth-order valence-corrected chi connectivity index (χ4v) is 3.48. The van der Waals surface area contributed by atoms with Gasteiger partial charge in [0.05, 0.1) is 37.6 Å². The van der Waals surface area contributed by atoms with Crippen LogP contribution in [0.5, 0.6) is 0 Å². The van der Waals surface area contributed by atoms with Crippen LogP contribution in [0.2, 0.25) is 0 Å². The van der Waals surface area contributed by atoms with Gasteiger partial charge in [-0.05, 0) is 47.5 Å². The number of hydrogen-bond donors (Lipinski definition) is 1. The lowest BCUT2D eigenvalue weighted by Crippen LogP contribution is -2.21. The predicted octanol–water partition coefficient (Wildman–Crippen LogP) is 7.14. The summed E-state index contributed by atoms with van der Waals surface area (Å²) in [6, 6.07) is 9.28. The van der Waals surface area contributed by atoms with E-state index in [9.17, 15) is 31.4 Å². The minimum Gasteiger partial charge on any atom is -0.445 e. The third kappa shape index (κ3) is 9.43. The first-order valence-electron chi connectivity index (χ1n) is 12.4. The van der Waals surface area contributed by atoms with Crippen LogP contribution < -0.4 is 0 Å². The summed E-state index contributed by atoms with van der Waals surface area (Å²) in [5.74, 6) is 0.470. The Morgan fingerprint density at radius 3 is 1.38 bits per heavy atom. The van der Waals surface area contributed by atoms with Gasteiger partial charge in [0.2, 0.25) is 11.8 Å². The fraction of sp³-hybridized carbons (Fsp3) is 0.241. The van der Waals surface area contributed by atoms with Gasteiger partial charge in [0.15, 0.2) is 0 Å². The molecule has 4 rings (SSSR count). The van der Waals surface area contributed by atoms with Gasteiger partial charge >= 0.3 is 12.4 Å². The van der Waals surface area contributed by atoms with Crippen molar-refractivity contribution in [3.63, 3.8) is 0 Å². The molecular formula is C29H24F6N2O5. The number of aliphatic hydroxyl groups is 1. The number of halogens is 6. The summed E-state index contributed by atoms with van der Waals surface area (Å²) in [6.45, 7) is -0.00772. The second kappa shape index (κ2) is 13.6. The SMILES string of the molecule is OC(COCc1coc(/C=C/c2ccc(C(F)(F)F)cc2)n1)COCc1coc(/C=C/c2ccc(C(F)(F)F)cc2)n1. The van der Waals surface area contributed by atoms with Crippen molar-refractivity contribution >= 4 is 24.3 Å². The largest absolute Gasteiger partial charge is 0.445 e. The fourth-order valence-electron chi connectivity index (χ4n) is 3.48. The average Bonchev–Trinajstić information content (AvgIpc) is 3.60. The van der Waals surface area contributed by atoms with Crippen LogP contribution in [0.1, 0.15) is 45.4 Å². The lowest BCUT2D eigenvalue weighted by molar-refractivity contribution is -0.138. The van der Waals surface area contributed by atoms with Crippen LogP contribution in [0.3, 0.4) is 0 Å². The van der Waals surface area contributed by atoms with Crippen LogP contribution >= 0.6 is 0 Å². The molecule has 0 aliphatic carbocycles. The van der Waals surface area contributed by atoms with E-state index in [2.05, 4.69) is 9.97 Å². The standard InChI is InChI=1S/C29H24F6N2O5/c30-28(31,32)21-7-1-19(2-8-21)5-11-26-36-23(15-41-26)13-39-17-25(38)18-40-14-24-16-42-27(37-24)12-6-20-3-9-22(10-4-20)29(33,34)35/h1-12,15-16,25,38H,13-14,17-18H2/b11-5+,12-6+. The first kappa shape index (κ1) is 30.8. The molecular weight excluding hydrogens is 570 g/mol. The molecule has 0 atom stereocenters. The Bertz CT molecular complexity index is 1360. The molecule has 2 heterocycles. The highest BCUT2D eigenvalue weighted by Crippen LogP contribution is 2.30. The minimum atomic E-state index is -4.40. The average molecular weight is 595 g/mol. The summed E-state index contributed by atoms with van der Waals surface area (Å²) in [5.41, 5.74) is 0.516. The summed E-state index contributed by atoms with van der Waals surface area (Å²) in [5, 5.41) is 10.1. The van der Waals surface area contributed by atoms with E-state index in [1.165, 1.54) is 48.9 Å². The van der Waals surface area contributed by atoms with Crippen molar-refractivity contribution in [3.8, 4) is 0 Å². The monoisotopic (exact) mass is 594 g/mol. The van der Waals surface area contributed by atoms with Crippen LogP contribution in [-0.4, -0.2) is 34.4 Å². The summed E-state index contributed by atoms with van der Waals surface area (Å²) in [4.78, 5) is 8.38. The van der Waals surface area contributed by atoms with Crippen LogP contribution in [0.15, 0.2) is 69.9 Å². The van der Waals surface area contributed by atoms with Crippen molar-refractivity contribution in [2.24, 2.45) is 0 Å². The quantitative estimate of drug-likeness (QED) is 0.175. The summed E-state index contributed by atoms with van der Waals surface area (Å²) in [7, 11) is 0. The second-order valence-corrected chi connectivity index (χ2v) is 8.94. The molecule has 4 aromatic rings. The normalized spacial score (nSPS) is 12.8. The maximum absolute atomic E-state index is 12.7. The number of ether oxygens (including phenoxy) is 2. The summed E-state index contributed by atoms with van der Waals surface area (Å²) >= 11 is 0. The Morgan fingerprint density at radius 1 is 0.643 bits per heavy atom. The van der Waals surface area contributed by atoms with Gasteiger partial charge in [-0.25, -0.2) is 9.97 Å². The molecule has 0 spiro atoms. The lowest BCUT2D eigenvalue weighted by atomic mass is 10.1. The number of nitrogens with zero attached hydrogens (tertiary/aromatic N) is 2. The number of alkyl halides is 6. The number of hydrogen-bond acceptors (Lipinski definition) is 7. The Kier molecular flexibility index (Phi) is 9.99. The zero-order chi connectivity index (χ0) is 30.2. The van der Waals surface area contributed by atoms with Crippen molar-refractivity contribution in [2.75, 3.05) is 13.2 Å². The molecule has 13 heteroatoms. The number of oxazole rings is 2. The smallest absolute Gasteiger partial charge is 0.416 e. The van der Waals surface area contributed by atoms with Gasteiger partial charge in [0.25, 0.3) is 0 Å². The molecule has 0 saturated heterocycles. The molecule has 2 aromatic heterocycles. The molecule has 0 fully saturated rings. The highest BCUT2D eigenvalue weighted by molar-refractivity contribution is 5.66. The first-order valence-corrected chi connectivity index (χ1v) is 12.4. The molecule has 2 aromatic carbocycles. The van der Waals surface area contributed by atoms with E-state index < -0.39 is 29.6 Å². The Balaban J connectivity index is 1.13. The first-order chi connectivity index (χ1) is 20.0. The molecule has 42 heavy (non-hydrogen) atoms. The zero-order valence-corrected chi connectivity index (χ0v) is 21.7. The molecule has 0 amide bonds. The van der Waals surface area contributed by atoms with Crippen molar-refractivity contribution in [3.05, 3.63) is 106 Å². The molecule has 0 radical (unpaired) electrons. The van der Waals surface area contributed by atoms with E-state index in [0.717, 1.165) is 24.3 Å². The molecule has 7 nitrogen and oxygen atoms in total. The number of rotatable bonds is 12. The van der Waals surface area contributed by atoms with E-state index >= 15 is 0 Å². The van der Waals surface area contributed by atoms with Crippen molar-refractivity contribution < 1.29 is 49.8 Å². The molecule has 0 aliphatic rings. The third-order valence-electron chi connectivity index (χ3n) is 5.57. The highest BCUT2D eigenvalue weighted by atomic mass is 19.4. The van der Waals surface area contributed by atoms with E-state index in [1.807, 2.05) is 0 Å². The van der Waals surface area contributed by atoms with E-state index in [0.29, 0.717) is 22.5 Å². The Hall–Kier alpha value is -4.20. The lowest BCUT2D eigenvalue weighted by Gasteiger charge is -2.10. The van der Waals surface area contributed by atoms with Crippen molar-refractivity contribution in [1.82, 2.24) is 9.97 Å². The number of aromatic nitrogens is 2. The number of benzene rings is 2.